The molecule has 0 amide bonds. The third kappa shape index (κ3) is 2.93. The second-order valence-electron chi connectivity index (χ2n) is 4.37. The molecule has 1 saturated carbocycles. The van der Waals surface area contributed by atoms with Crippen LogP contribution in [0.25, 0.3) is 0 Å². The van der Waals surface area contributed by atoms with E-state index in [0.717, 1.165) is 19.6 Å². The molecular weight excluding hydrogens is 164 g/mol. The first kappa shape index (κ1) is 11.0. The van der Waals surface area contributed by atoms with E-state index in [1.165, 1.54) is 25.7 Å². The van der Waals surface area contributed by atoms with Crippen LogP contribution in [0.3, 0.4) is 0 Å². The molecule has 1 rings (SSSR count). The largest absolute Gasteiger partial charge is 0.395 e. The minimum atomic E-state index is 0.247. The van der Waals surface area contributed by atoms with Crippen molar-refractivity contribution in [3.63, 3.8) is 0 Å². The monoisotopic (exact) mass is 186 g/mol. The molecule has 1 fully saturated rings. The van der Waals surface area contributed by atoms with Crippen molar-refractivity contribution in [3.8, 4) is 0 Å². The van der Waals surface area contributed by atoms with Crippen molar-refractivity contribution in [2.45, 2.75) is 25.7 Å². The smallest absolute Gasteiger partial charge is 0.0558 e. The molecule has 1 aliphatic rings. The van der Waals surface area contributed by atoms with E-state index in [2.05, 4.69) is 11.9 Å². The van der Waals surface area contributed by atoms with Gasteiger partial charge in [-0.1, -0.05) is 12.8 Å². The summed E-state index contributed by atoms with van der Waals surface area (Å²) in [6.07, 6.45) is 5.17. The summed E-state index contributed by atoms with van der Waals surface area (Å²) >= 11 is 0. The zero-order valence-electron chi connectivity index (χ0n) is 8.63. The Hall–Kier alpha value is -0.120. The van der Waals surface area contributed by atoms with Crippen LogP contribution < -0.4 is 5.73 Å². The predicted molar refractivity (Wildman–Crippen MR) is 54.5 cm³/mol. The maximum atomic E-state index is 8.79. The molecule has 0 atom stereocenters. The minimum absolute atomic E-state index is 0.247. The Balaban J connectivity index is 2.38. The summed E-state index contributed by atoms with van der Waals surface area (Å²) in [6.45, 7) is 2.85. The van der Waals surface area contributed by atoms with E-state index >= 15 is 0 Å². The summed E-state index contributed by atoms with van der Waals surface area (Å²) in [4.78, 5) is 2.19. The molecule has 0 aromatic carbocycles. The minimum Gasteiger partial charge on any atom is -0.395 e. The molecule has 0 bridgehead atoms. The van der Waals surface area contributed by atoms with E-state index in [9.17, 15) is 0 Å². The number of aliphatic hydroxyl groups is 1. The number of hydrogen-bond acceptors (Lipinski definition) is 3. The third-order valence-corrected chi connectivity index (χ3v) is 3.18. The van der Waals surface area contributed by atoms with Gasteiger partial charge < -0.3 is 15.7 Å². The molecule has 0 saturated heterocycles. The Morgan fingerprint density at radius 2 is 2.00 bits per heavy atom. The van der Waals surface area contributed by atoms with Gasteiger partial charge in [-0.15, -0.1) is 0 Å². The number of rotatable bonds is 5. The van der Waals surface area contributed by atoms with Gasteiger partial charge in [-0.05, 0) is 31.8 Å². The van der Waals surface area contributed by atoms with E-state index in [-0.39, 0.29) is 6.61 Å². The van der Waals surface area contributed by atoms with Gasteiger partial charge in [0.1, 0.15) is 0 Å². The molecule has 0 radical (unpaired) electrons. The van der Waals surface area contributed by atoms with Gasteiger partial charge in [0.25, 0.3) is 0 Å². The first-order valence-electron chi connectivity index (χ1n) is 5.22. The second kappa shape index (κ2) is 4.94. The number of aliphatic hydroxyl groups excluding tert-OH is 1. The van der Waals surface area contributed by atoms with Crippen molar-refractivity contribution in [1.82, 2.24) is 4.90 Å². The van der Waals surface area contributed by atoms with Crippen LogP contribution in [0.15, 0.2) is 0 Å². The molecule has 0 aliphatic heterocycles. The standard InChI is InChI=1S/C10H22N2O/c1-12(6-7-13)9-10(8-11)4-2-3-5-10/h13H,2-9,11H2,1H3. The highest BCUT2D eigenvalue weighted by molar-refractivity contribution is 4.87. The Kier molecular flexibility index (Phi) is 4.16. The fourth-order valence-electron chi connectivity index (χ4n) is 2.37. The topological polar surface area (TPSA) is 49.5 Å². The van der Waals surface area contributed by atoms with Crippen LogP contribution >= 0.6 is 0 Å². The van der Waals surface area contributed by atoms with Crippen LogP contribution in [0, 0.1) is 5.41 Å². The van der Waals surface area contributed by atoms with Crippen molar-refractivity contribution in [3.05, 3.63) is 0 Å². The van der Waals surface area contributed by atoms with Crippen molar-refractivity contribution < 1.29 is 5.11 Å². The van der Waals surface area contributed by atoms with E-state index in [4.69, 9.17) is 10.8 Å². The lowest BCUT2D eigenvalue weighted by atomic mass is 9.86. The molecule has 78 valence electrons. The SMILES string of the molecule is CN(CCO)CC1(CN)CCCC1. The lowest BCUT2D eigenvalue weighted by molar-refractivity contribution is 0.154. The van der Waals surface area contributed by atoms with Crippen LogP contribution in [0.2, 0.25) is 0 Å². The van der Waals surface area contributed by atoms with Gasteiger partial charge in [-0.3, -0.25) is 0 Å². The number of likely N-dealkylation sites (N-methyl/N-ethyl adjacent to an activating group) is 1. The number of nitrogens with zero attached hydrogens (tertiary/aromatic N) is 1. The summed E-state index contributed by atoms with van der Waals surface area (Å²) in [5.74, 6) is 0. The lowest BCUT2D eigenvalue weighted by Crippen LogP contribution is -2.40. The van der Waals surface area contributed by atoms with Gasteiger partial charge >= 0.3 is 0 Å². The molecule has 1 aliphatic carbocycles. The Bertz CT molecular complexity index is 144. The Labute approximate surface area is 80.9 Å². The molecular formula is C10H22N2O. The van der Waals surface area contributed by atoms with Gasteiger partial charge in [0, 0.05) is 13.1 Å². The van der Waals surface area contributed by atoms with Crippen LogP contribution in [0.1, 0.15) is 25.7 Å². The maximum absolute atomic E-state index is 8.79. The molecule has 13 heavy (non-hydrogen) atoms. The van der Waals surface area contributed by atoms with Gasteiger partial charge in [0.05, 0.1) is 6.61 Å². The normalized spacial score (nSPS) is 21.2. The molecule has 0 unspecified atom stereocenters. The zero-order valence-corrected chi connectivity index (χ0v) is 8.63. The summed E-state index contributed by atoms with van der Waals surface area (Å²) in [6, 6.07) is 0. The molecule has 3 nitrogen and oxygen atoms in total. The quantitative estimate of drug-likeness (QED) is 0.654. The summed E-state index contributed by atoms with van der Waals surface area (Å²) in [5, 5.41) is 8.79. The molecule has 0 spiro atoms. The molecule has 0 heterocycles. The van der Waals surface area contributed by atoms with E-state index < -0.39 is 0 Å². The first-order chi connectivity index (χ1) is 6.22. The van der Waals surface area contributed by atoms with E-state index in [1.54, 1.807) is 0 Å². The van der Waals surface area contributed by atoms with E-state index in [0.29, 0.717) is 5.41 Å². The van der Waals surface area contributed by atoms with Crippen molar-refractivity contribution in [2.75, 3.05) is 33.3 Å². The Morgan fingerprint density at radius 1 is 1.38 bits per heavy atom. The van der Waals surface area contributed by atoms with Crippen molar-refractivity contribution in [1.29, 1.82) is 0 Å². The van der Waals surface area contributed by atoms with Crippen molar-refractivity contribution in [2.24, 2.45) is 11.1 Å². The second-order valence-corrected chi connectivity index (χ2v) is 4.37. The van der Waals surface area contributed by atoms with Gasteiger partial charge in [0.2, 0.25) is 0 Å². The summed E-state index contributed by atoms with van der Waals surface area (Å²) < 4.78 is 0. The Morgan fingerprint density at radius 3 is 2.46 bits per heavy atom. The van der Waals surface area contributed by atoms with Crippen LogP contribution in [-0.4, -0.2) is 43.3 Å². The number of nitrogens with two attached hydrogens (primary N) is 1. The summed E-state index contributed by atoms with van der Waals surface area (Å²) in [7, 11) is 2.06. The third-order valence-electron chi connectivity index (χ3n) is 3.18. The highest BCUT2D eigenvalue weighted by Gasteiger charge is 2.33. The average Bonchev–Trinajstić information content (AvgIpc) is 2.54. The maximum Gasteiger partial charge on any atom is 0.0558 e. The average molecular weight is 186 g/mol. The first-order valence-corrected chi connectivity index (χ1v) is 5.22. The van der Waals surface area contributed by atoms with Gasteiger partial charge in [0.15, 0.2) is 0 Å². The molecule has 3 N–H and O–H groups in total. The molecule has 3 heteroatoms. The zero-order chi connectivity index (χ0) is 9.73. The fourth-order valence-corrected chi connectivity index (χ4v) is 2.37. The predicted octanol–water partition coefficient (Wildman–Crippen LogP) is 0.430. The van der Waals surface area contributed by atoms with Gasteiger partial charge in [-0.25, -0.2) is 0 Å². The van der Waals surface area contributed by atoms with Crippen LogP contribution in [0.4, 0.5) is 0 Å². The van der Waals surface area contributed by atoms with E-state index in [1.807, 2.05) is 0 Å². The molecule has 0 aromatic heterocycles. The molecule has 0 aromatic rings. The highest BCUT2D eigenvalue weighted by Crippen LogP contribution is 2.37. The van der Waals surface area contributed by atoms with Crippen LogP contribution in [-0.2, 0) is 0 Å². The van der Waals surface area contributed by atoms with Crippen molar-refractivity contribution >= 4 is 0 Å². The lowest BCUT2D eigenvalue weighted by Gasteiger charge is -2.32. The van der Waals surface area contributed by atoms with Gasteiger partial charge in [-0.2, -0.15) is 0 Å². The number of hydrogen-bond donors (Lipinski definition) is 2. The summed E-state index contributed by atoms with van der Waals surface area (Å²) in [5.41, 5.74) is 6.18. The van der Waals surface area contributed by atoms with Crippen LogP contribution in [0.5, 0.6) is 0 Å². The fraction of sp³-hybridized carbons (Fsp3) is 1.00. The highest BCUT2D eigenvalue weighted by atomic mass is 16.3.